The Morgan fingerprint density at radius 2 is 1.71 bits per heavy atom. The van der Waals surface area contributed by atoms with Crippen molar-refractivity contribution in [1.82, 2.24) is 9.66 Å². The lowest BCUT2D eigenvalue weighted by Crippen LogP contribution is -2.20. The van der Waals surface area contributed by atoms with Gasteiger partial charge in [-0.2, -0.15) is 9.78 Å². The zero-order valence-electron chi connectivity index (χ0n) is 23.5. The molecule has 0 aliphatic carbocycles. The molecular weight excluding hydrogens is 665 g/mol. The van der Waals surface area contributed by atoms with Gasteiger partial charge in [0.05, 0.1) is 33.2 Å². The average Bonchev–Trinajstić information content (AvgIpc) is 2.96. The number of nitrogens with zero attached hydrogens (tertiary/aromatic N) is 3. The van der Waals surface area contributed by atoms with Crippen LogP contribution in [0.4, 0.5) is 4.39 Å². The SMILES string of the molecule is COc1cc(C)c(-c2nc3ccccc3c(=O)n2N=Cc2cc(Br)c(OCc3ccccc3F)c(Br)c2)cc1C(C)C. The fraction of sp³-hybridized carbons (Fsp3) is 0.182. The third-order valence-electron chi connectivity index (χ3n) is 6.87. The molecule has 5 aromatic rings. The molecule has 0 saturated carbocycles. The van der Waals surface area contributed by atoms with Gasteiger partial charge in [-0.25, -0.2) is 9.37 Å². The summed E-state index contributed by atoms with van der Waals surface area (Å²) in [5, 5.41) is 5.10. The molecule has 0 spiro atoms. The molecule has 1 aromatic heterocycles. The van der Waals surface area contributed by atoms with Crippen LogP contribution < -0.4 is 15.0 Å². The maximum Gasteiger partial charge on any atom is 0.282 e. The van der Waals surface area contributed by atoms with Crippen molar-refractivity contribution < 1.29 is 13.9 Å². The first kappa shape index (κ1) is 29.7. The number of aromatic nitrogens is 2. The standard InChI is InChI=1S/C33H28Br2FN3O3/c1-19(2)24-16-25(20(3)13-30(24)41-4)32-38-29-12-8-6-10-23(29)33(40)39(32)37-17-21-14-26(34)31(27(35)15-21)42-18-22-9-5-7-11-28(22)36/h5-17,19H,18H2,1-4H3. The van der Waals surface area contributed by atoms with E-state index in [0.29, 0.717) is 42.5 Å². The first-order chi connectivity index (χ1) is 20.2. The van der Waals surface area contributed by atoms with Crippen molar-refractivity contribution in [2.45, 2.75) is 33.3 Å². The van der Waals surface area contributed by atoms with E-state index in [1.807, 2.05) is 49.4 Å². The van der Waals surface area contributed by atoms with Gasteiger partial charge >= 0.3 is 0 Å². The molecule has 0 aliphatic heterocycles. The number of benzene rings is 4. The molecule has 0 atom stereocenters. The van der Waals surface area contributed by atoms with Crippen LogP contribution in [0.1, 0.15) is 42.0 Å². The Kier molecular flexibility index (Phi) is 8.89. The maximum absolute atomic E-state index is 14.1. The zero-order chi connectivity index (χ0) is 30.0. The summed E-state index contributed by atoms with van der Waals surface area (Å²) >= 11 is 7.11. The number of aryl methyl sites for hydroxylation is 1. The smallest absolute Gasteiger partial charge is 0.282 e. The third kappa shape index (κ3) is 6.03. The van der Waals surface area contributed by atoms with Crippen LogP contribution in [0.2, 0.25) is 0 Å². The molecule has 6 nitrogen and oxygen atoms in total. The van der Waals surface area contributed by atoms with E-state index in [0.717, 1.165) is 22.4 Å². The maximum atomic E-state index is 14.1. The normalized spacial score (nSPS) is 11.5. The Balaban J connectivity index is 1.57. The molecule has 0 bridgehead atoms. The van der Waals surface area contributed by atoms with Crippen molar-refractivity contribution in [1.29, 1.82) is 0 Å². The summed E-state index contributed by atoms with van der Waals surface area (Å²) in [5.41, 5.74) is 4.17. The second-order valence-electron chi connectivity index (χ2n) is 10.1. The summed E-state index contributed by atoms with van der Waals surface area (Å²) < 4.78 is 28.2. The van der Waals surface area contributed by atoms with Gasteiger partial charge in [-0.3, -0.25) is 4.79 Å². The van der Waals surface area contributed by atoms with Crippen molar-refractivity contribution in [2.75, 3.05) is 7.11 Å². The highest BCUT2D eigenvalue weighted by Crippen LogP contribution is 2.36. The Bertz CT molecular complexity index is 1860. The molecule has 5 rings (SSSR count). The summed E-state index contributed by atoms with van der Waals surface area (Å²) in [5.74, 6) is 1.61. The van der Waals surface area contributed by atoms with E-state index >= 15 is 0 Å². The topological polar surface area (TPSA) is 65.7 Å². The molecule has 9 heteroatoms. The van der Waals surface area contributed by atoms with E-state index in [-0.39, 0.29) is 23.9 Å². The number of methoxy groups -OCH3 is 1. The van der Waals surface area contributed by atoms with Crippen LogP contribution >= 0.6 is 31.9 Å². The van der Waals surface area contributed by atoms with Crippen LogP contribution in [0.15, 0.2) is 91.6 Å². The van der Waals surface area contributed by atoms with E-state index in [1.54, 1.807) is 37.6 Å². The van der Waals surface area contributed by atoms with Gasteiger partial charge in [-0.15, -0.1) is 0 Å². The number of fused-ring (bicyclic) bond motifs is 1. The predicted octanol–water partition coefficient (Wildman–Crippen LogP) is 8.63. The zero-order valence-corrected chi connectivity index (χ0v) is 26.7. The Labute approximate surface area is 260 Å². The highest BCUT2D eigenvalue weighted by molar-refractivity contribution is 9.11. The fourth-order valence-electron chi connectivity index (χ4n) is 4.65. The Morgan fingerprint density at radius 3 is 2.40 bits per heavy atom. The van der Waals surface area contributed by atoms with Crippen LogP contribution in [-0.4, -0.2) is 23.0 Å². The molecule has 0 radical (unpaired) electrons. The molecular formula is C33H28Br2FN3O3. The summed E-state index contributed by atoms with van der Waals surface area (Å²) in [7, 11) is 1.65. The number of halogens is 3. The highest BCUT2D eigenvalue weighted by Gasteiger charge is 2.18. The second-order valence-corrected chi connectivity index (χ2v) is 11.8. The minimum atomic E-state index is -0.327. The lowest BCUT2D eigenvalue weighted by atomic mass is 9.96. The van der Waals surface area contributed by atoms with E-state index < -0.39 is 0 Å². The van der Waals surface area contributed by atoms with Gasteiger partial charge in [-0.1, -0.05) is 44.2 Å². The summed E-state index contributed by atoms with van der Waals surface area (Å²) in [6, 6.07) is 21.3. The van der Waals surface area contributed by atoms with Crippen LogP contribution in [0.3, 0.4) is 0 Å². The number of rotatable bonds is 8. The summed E-state index contributed by atoms with van der Waals surface area (Å²) in [6.07, 6.45) is 1.60. The van der Waals surface area contributed by atoms with Crippen molar-refractivity contribution in [3.8, 4) is 22.9 Å². The highest BCUT2D eigenvalue weighted by atomic mass is 79.9. The minimum Gasteiger partial charge on any atom is -0.496 e. The quantitative estimate of drug-likeness (QED) is 0.153. The lowest BCUT2D eigenvalue weighted by molar-refractivity contribution is 0.296. The van der Waals surface area contributed by atoms with Crippen molar-refractivity contribution in [3.63, 3.8) is 0 Å². The fourth-order valence-corrected chi connectivity index (χ4v) is 6.10. The van der Waals surface area contributed by atoms with Gasteiger partial charge in [0.1, 0.15) is 23.9 Å². The van der Waals surface area contributed by atoms with Crippen LogP contribution in [0, 0.1) is 12.7 Å². The molecule has 1 heterocycles. The number of ether oxygens (including phenoxy) is 2. The summed E-state index contributed by atoms with van der Waals surface area (Å²) in [4.78, 5) is 18.6. The predicted molar refractivity (Wildman–Crippen MR) is 172 cm³/mol. The molecule has 42 heavy (non-hydrogen) atoms. The van der Waals surface area contributed by atoms with Crippen LogP contribution in [-0.2, 0) is 6.61 Å². The van der Waals surface area contributed by atoms with Gasteiger partial charge in [0.25, 0.3) is 5.56 Å². The first-order valence-electron chi connectivity index (χ1n) is 13.3. The van der Waals surface area contributed by atoms with E-state index in [9.17, 15) is 9.18 Å². The van der Waals surface area contributed by atoms with Gasteiger partial charge < -0.3 is 9.47 Å². The molecule has 0 amide bonds. The molecule has 0 N–H and O–H groups in total. The Morgan fingerprint density at radius 1 is 1.02 bits per heavy atom. The van der Waals surface area contributed by atoms with Crippen molar-refractivity contribution >= 4 is 49.0 Å². The van der Waals surface area contributed by atoms with Gasteiger partial charge in [0.15, 0.2) is 5.82 Å². The number of hydrogen-bond donors (Lipinski definition) is 0. The molecule has 214 valence electrons. The van der Waals surface area contributed by atoms with E-state index in [1.165, 1.54) is 10.7 Å². The van der Waals surface area contributed by atoms with Gasteiger partial charge in [0, 0.05) is 11.1 Å². The average molecular weight is 693 g/mol. The molecule has 0 fully saturated rings. The van der Waals surface area contributed by atoms with E-state index in [2.05, 4.69) is 50.8 Å². The molecule has 0 saturated heterocycles. The molecule has 4 aromatic carbocycles. The summed E-state index contributed by atoms with van der Waals surface area (Å²) in [6.45, 7) is 6.22. The first-order valence-corrected chi connectivity index (χ1v) is 14.9. The van der Waals surface area contributed by atoms with Gasteiger partial charge in [0.2, 0.25) is 0 Å². The van der Waals surface area contributed by atoms with E-state index in [4.69, 9.17) is 14.5 Å². The van der Waals surface area contributed by atoms with Gasteiger partial charge in [-0.05, 0) is 104 Å². The van der Waals surface area contributed by atoms with Crippen molar-refractivity contribution in [2.24, 2.45) is 5.10 Å². The monoisotopic (exact) mass is 691 g/mol. The Hall–Kier alpha value is -3.82. The second kappa shape index (κ2) is 12.6. The number of hydrogen-bond acceptors (Lipinski definition) is 5. The number of para-hydroxylation sites is 1. The van der Waals surface area contributed by atoms with Crippen molar-refractivity contribution in [3.05, 3.63) is 120 Å². The van der Waals surface area contributed by atoms with Crippen LogP contribution in [0.25, 0.3) is 22.3 Å². The molecule has 0 aliphatic rings. The third-order valence-corrected chi connectivity index (χ3v) is 8.04. The lowest BCUT2D eigenvalue weighted by Gasteiger charge is -2.17. The molecule has 0 unspecified atom stereocenters. The largest absolute Gasteiger partial charge is 0.496 e. The van der Waals surface area contributed by atoms with Crippen LogP contribution in [0.5, 0.6) is 11.5 Å². The minimum absolute atomic E-state index is 0.0679.